The van der Waals surface area contributed by atoms with Crippen LogP contribution in [0.1, 0.15) is 25.3 Å². The summed E-state index contributed by atoms with van der Waals surface area (Å²) in [6.45, 7) is 4.19. The molecule has 0 amide bonds. The first kappa shape index (κ1) is 9.52. The second-order valence-corrected chi connectivity index (χ2v) is 3.81. The smallest absolute Gasteiger partial charge is 0.187 e. The Kier molecular flexibility index (Phi) is 4.08. The predicted molar refractivity (Wildman–Crippen MR) is 52.4 cm³/mol. The summed E-state index contributed by atoms with van der Waals surface area (Å²) in [7, 11) is 0. The van der Waals surface area contributed by atoms with E-state index < -0.39 is 0 Å². The van der Waals surface area contributed by atoms with Crippen molar-refractivity contribution in [3.63, 3.8) is 0 Å². The molecule has 0 unspecified atom stereocenters. The standard InChI is InChI=1S/C9H14N2S/c1-3-4-5-12-9-10-6-8(2)7-11-9/h6-7H,3-5H2,1-2H3. The Morgan fingerprint density at radius 1 is 1.33 bits per heavy atom. The molecule has 0 aliphatic carbocycles. The van der Waals surface area contributed by atoms with Crippen LogP contribution in [0.15, 0.2) is 17.6 Å². The molecule has 0 saturated carbocycles. The van der Waals surface area contributed by atoms with Gasteiger partial charge in [0.05, 0.1) is 0 Å². The normalized spacial score (nSPS) is 10.2. The van der Waals surface area contributed by atoms with Gasteiger partial charge in [-0.15, -0.1) is 0 Å². The molecule has 0 bridgehead atoms. The average molecular weight is 182 g/mol. The van der Waals surface area contributed by atoms with Gasteiger partial charge >= 0.3 is 0 Å². The quantitative estimate of drug-likeness (QED) is 0.407. The largest absolute Gasteiger partial charge is 0.231 e. The fraction of sp³-hybridized carbons (Fsp3) is 0.556. The average Bonchev–Trinajstić information content (AvgIpc) is 2.09. The summed E-state index contributed by atoms with van der Waals surface area (Å²) in [5, 5.41) is 0.897. The minimum absolute atomic E-state index is 0.897. The number of nitrogens with zero attached hydrogens (tertiary/aromatic N) is 2. The van der Waals surface area contributed by atoms with E-state index in [9.17, 15) is 0 Å². The van der Waals surface area contributed by atoms with Gasteiger partial charge in [-0.1, -0.05) is 25.1 Å². The lowest BCUT2D eigenvalue weighted by Gasteiger charge is -1.97. The van der Waals surface area contributed by atoms with E-state index in [0.717, 1.165) is 16.5 Å². The summed E-state index contributed by atoms with van der Waals surface area (Å²) in [5.41, 5.74) is 1.12. The van der Waals surface area contributed by atoms with Gasteiger partial charge in [0.25, 0.3) is 0 Å². The highest BCUT2D eigenvalue weighted by molar-refractivity contribution is 7.99. The Hall–Kier alpha value is -0.570. The van der Waals surface area contributed by atoms with E-state index in [-0.39, 0.29) is 0 Å². The summed E-state index contributed by atoms with van der Waals surface area (Å²) in [5.74, 6) is 1.12. The molecular formula is C9H14N2S. The van der Waals surface area contributed by atoms with Crippen LogP contribution >= 0.6 is 11.8 Å². The van der Waals surface area contributed by atoms with Crippen LogP contribution in [0, 0.1) is 6.92 Å². The molecule has 2 nitrogen and oxygen atoms in total. The zero-order valence-corrected chi connectivity index (χ0v) is 8.40. The molecule has 0 saturated heterocycles. The van der Waals surface area contributed by atoms with E-state index in [0.29, 0.717) is 0 Å². The van der Waals surface area contributed by atoms with Crippen molar-refractivity contribution < 1.29 is 0 Å². The van der Waals surface area contributed by atoms with Crippen molar-refractivity contribution in [2.45, 2.75) is 31.8 Å². The summed E-state index contributed by atoms with van der Waals surface area (Å²) in [6.07, 6.45) is 6.20. The minimum atomic E-state index is 0.897. The number of rotatable bonds is 4. The van der Waals surface area contributed by atoms with Gasteiger partial charge in [-0.05, 0) is 18.9 Å². The molecular weight excluding hydrogens is 168 g/mol. The Morgan fingerprint density at radius 2 is 2.00 bits per heavy atom. The van der Waals surface area contributed by atoms with Crippen molar-refractivity contribution >= 4 is 11.8 Å². The van der Waals surface area contributed by atoms with E-state index in [1.165, 1.54) is 12.8 Å². The van der Waals surface area contributed by atoms with E-state index >= 15 is 0 Å². The van der Waals surface area contributed by atoms with Crippen molar-refractivity contribution in [3.8, 4) is 0 Å². The lowest BCUT2D eigenvalue weighted by atomic mass is 10.4. The maximum Gasteiger partial charge on any atom is 0.187 e. The highest BCUT2D eigenvalue weighted by Crippen LogP contribution is 2.13. The van der Waals surface area contributed by atoms with Gasteiger partial charge in [0.15, 0.2) is 5.16 Å². The SMILES string of the molecule is CCCCSc1ncc(C)cn1. The molecule has 1 aromatic rings. The van der Waals surface area contributed by atoms with Gasteiger partial charge in [-0.3, -0.25) is 0 Å². The Labute approximate surface area is 77.8 Å². The van der Waals surface area contributed by atoms with Crippen LogP contribution in [0.5, 0.6) is 0 Å². The molecule has 0 radical (unpaired) electrons. The lowest BCUT2D eigenvalue weighted by Crippen LogP contribution is -1.87. The monoisotopic (exact) mass is 182 g/mol. The number of aromatic nitrogens is 2. The van der Waals surface area contributed by atoms with Gasteiger partial charge < -0.3 is 0 Å². The van der Waals surface area contributed by atoms with Crippen LogP contribution in [0.4, 0.5) is 0 Å². The molecule has 0 aliphatic rings. The van der Waals surface area contributed by atoms with Gasteiger partial charge in [-0.25, -0.2) is 9.97 Å². The van der Waals surface area contributed by atoms with E-state index in [4.69, 9.17) is 0 Å². The van der Waals surface area contributed by atoms with Gasteiger partial charge in [0, 0.05) is 18.1 Å². The molecule has 0 atom stereocenters. The minimum Gasteiger partial charge on any atom is -0.231 e. The van der Waals surface area contributed by atoms with Crippen molar-refractivity contribution in [1.82, 2.24) is 9.97 Å². The van der Waals surface area contributed by atoms with Crippen molar-refractivity contribution in [2.24, 2.45) is 0 Å². The number of thioether (sulfide) groups is 1. The zero-order chi connectivity index (χ0) is 8.81. The predicted octanol–water partition coefficient (Wildman–Crippen LogP) is 2.68. The fourth-order valence-electron chi connectivity index (χ4n) is 0.763. The fourth-order valence-corrected chi connectivity index (χ4v) is 1.63. The van der Waals surface area contributed by atoms with Gasteiger partial charge in [0.1, 0.15) is 0 Å². The molecule has 0 fully saturated rings. The van der Waals surface area contributed by atoms with Crippen molar-refractivity contribution in [3.05, 3.63) is 18.0 Å². The maximum absolute atomic E-state index is 4.20. The topological polar surface area (TPSA) is 25.8 Å². The van der Waals surface area contributed by atoms with E-state index in [2.05, 4.69) is 16.9 Å². The molecule has 0 aromatic carbocycles. The van der Waals surface area contributed by atoms with Crippen LogP contribution in [0.25, 0.3) is 0 Å². The van der Waals surface area contributed by atoms with Crippen LogP contribution in [0.3, 0.4) is 0 Å². The van der Waals surface area contributed by atoms with Crippen LogP contribution in [-0.2, 0) is 0 Å². The summed E-state index contributed by atoms with van der Waals surface area (Å²) in [4.78, 5) is 8.40. The highest BCUT2D eigenvalue weighted by atomic mass is 32.2. The third-order valence-corrected chi connectivity index (χ3v) is 2.45. The number of aryl methyl sites for hydroxylation is 1. The molecule has 12 heavy (non-hydrogen) atoms. The van der Waals surface area contributed by atoms with Gasteiger partial charge in [-0.2, -0.15) is 0 Å². The van der Waals surface area contributed by atoms with Gasteiger partial charge in [0.2, 0.25) is 0 Å². The molecule has 0 N–H and O–H groups in total. The molecule has 66 valence electrons. The second kappa shape index (κ2) is 5.14. The lowest BCUT2D eigenvalue weighted by molar-refractivity contribution is 0.886. The van der Waals surface area contributed by atoms with Crippen molar-refractivity contribution in [2.75, 3.05) is 5.75 Å². The molecule has 3 heteroatoms. The van der Waals surface area contributed by atoms with E-state index in [1.54, 1.807) is 11.8 Å². The first-order chi connectivity index (χ1) is 5.83. The second-order valence-electron chi connectivity index (χ2n) is 2.75. The van der Waals surface area contributed by atoms with Crippen LogP contribution < -0.4 is 0 Å². The number of hydrogen-bond donors (Lipinski definition) is 0. The molecule has 1 aromatic heterocycles. The Morgan fingerprint density at radius 3 is 2.58 bits per heavy atom. The van der Waals surface area contributed by atoms with Crippen molar-refractivity contribution in [1.29, 1.82) is 0 Å². The first-order valence-electron chi connectivity index (χ1n) is 4.24. The molecule has 1 rings (SSSR count). The van der Waals surface area contributed by atoms with Crippen LogP contribution in [0.2, 0.25) is 0 Å². The Balaban J connectivity index is 2.37. The third kappa shape index (κ3) is 3.22. The zero-order valence-electron chi connectivity index (χ0n) is 7.58. The molecule has 0 aliphatic heterocycles. The van der Waals surface area contributed by atoms with E-state index in [1.807, 2.05) is 19.3 Å². The maximum atomic E-state index is 4.20. The summed E-state index contributed by atoms with van der Waals surface area (Å²) < 4.78 is 0. The molecule has 1 heterocycles. The first-order valence-corrected chi connectivity index (χ1v) is 5.23. The number of unbranched alkanes of at least 4 members (excludes halogenated alkanes) is 1. The summed E-state index contributed by atoms with van der Waals surface area (Å²) in [6, 6.07) is 0. The Bertz CT molecular complexity index is 220. The number of hydrogen-bond acceptors (Lipinski definition) is 3. The highest BCUT2D eigenvalue weighted by Gasteiger charge is 1.94. The third-order valence-electron chi connectivity index (χ3n) is 1.49. The van der Waals surface area contributed by atoms with Crippen LogP contribution in [-0.4, -0.2) is 15.7 Å². The molecule has 0 spiro atoms. The summed E-state index contributed by atoms with van der Waals surface area (Å²) >= 11 is 1.73.